The molecule has 0 radical (unpaired) electrons. The van der Waals surface area contributed by atoms with Crippen LogP contribution < -0.4 is 0 Å². The van der Waals surface area contributed by atoms with Gasteiger partial charge < -0.3 is 9.64 Å². The molecule has 5 heteroatoms. The van der Waals surface area contributed by atoms with Gasteiger partial charge in [-0.15, -0.1) is 0 Å². The SMILES string of the molecule is CC(C)(C)OC(=O)N1CCC(C#N)CC1Cc1ccc(Cl)cc1. The molecule has 4 nitrogen and oxygen atoms in total. The third kappa shape index (κ3) is 5.14. The van der Waals surface area contributed by atoms with Gasteiger partial charge in [-0.1, -0.05) is 23.7 Å². The van der Waals surface area contributed by atoms with Crippen LogP contribution in [0.2, 0.25) is 5.02 Å². The summed E-state index contributed by atoms with van der Waals surface area (Å²) in [4.78, 5) is 14.2. The number of nitriles is 1. The standard InChI is InChI=1S/C18H23ClN2O2/c1-18(2,3)23-17(22)21-9-8-14(12-20)11-16(21)10-13-4-6-15(19)7-5-13/h4-7,14,16H,8-11H2,1-3H3. The lowest BCUT2D eigenvalue weighted by molar-refractivity contribution is 0.00716. The van der Waals surface area contributed by atoms with Crippen LogP contribution in [0.5, 0.6) is 0 Å². The highest BCUT2D eigenvalue weighted by molar-refractivity contribution is 6.30. The summed E-state index contributed by atoms with van der Waals surface area (Å²) in [7, 11) is 0. The van der Waals surface area contributed by atoms with Crippen LogP contribution >= 0.6 is 11.6 Å². The molecule has 0 spiro atoms. The summed E-state index contributed by atoms with van der Waals surface area (Å²) in [6.07, 6.45) is 1.78. The van der Waals surface area contributed by atoms with Crippen LogP contribution in [0.3, 0.4) is 0 Å². The third-order valence-corrected chi connectivity index (χ3v) is 4.16. The Morgan fingerprint density at radius 2 is 2.04 bits per heavy atom. The van der Waals surface area contributed by atoms with Crippen molar-refractivity contribution < 1.29 is 9.53 Å². The van der Waals surface area contributed by atoms with Crippen molar-refractivity contribution in [1.82, 2.24) is 4.90 Å². The van der Waals surface area contributed by atoms with Crippen molar-refractivity contribution in [3.05, 3.63) is 34.9 Å². The summed E-state index contributed by atoms with van der Waals surface area (Å²) in [5.74, 6) is -0.00835. The second-order valence-electron chi connectivity index (χ2n) is 7.01. The van der Waals surface area contributed by atoms with Gasteiger partial charge >= 0.3 is 6.09 Å². The highest BCUT2D eigenvalue weighted by Gasteiger charge is 2.34. The average molecular weight is 335 g/mol. The Morgan fingerprint density at radius 1 is 1.39 bits per heavy atom. The molecule has 1 aromatic rings. The molecule has 0 N–H and O–H groups in total. The number of hydrogen-bond acceptors (Lipinski definition) is 3. The van der Waals surface area contributed by atoms with Gasteiger partial charge in [0.2, 0.25) is 0 Å². The Bertz CT molecular complexity index is 587. The first kappa shape index (κ1) is 17.6. The van der Waals surface area contributed by atoms with E-state index in [2.05, 4.69) is 6.07 Å². The number of carbonyl (C=O) groups is 1. The normalized spacial score (nSPS) is 21.6. The largest absolute Gasteiger partial charge is 0.444 e. The number of rotatable bonds is 2. The fourth-order valence-electron chi connectivity index (χ4n) is 2.82. The molecule has 1 aliphatic heterocycles. The summed E-state index contributed by atoms with van der Waals surface area (Å²) in [5.41, 5.74) is 0.583. The first-order valence-corrected chi connectivity index (χ1v) is 8.30. The van der Waals surface area contributed by atoms with Crippen molar-refractivity contribution >= 4 is 17.7 Å². The molecule has 124 valence electrons. The quantitative estimate of drug-likeness (QED) is 0.804. The molecule has 0 aromatic heterocycles. The third-order valence-electron chi connectivity index (χ3n) is 3.91. The molecule has 0 bridgehead atoms. The van der Waals surface area contributed by atoms with Crippen LogP contribution in [0.4, 0.5) is 4.79 Å². The van der Waals surface area contributed by atoms with E-state index in [0.717, 1.165) is 5.56 Å². The van der Waals surface area contributed by atoms with Gasteiger partial charge in [-0.3, -0.25) is 0 Å². The van der Waals surface area contributed by atoms with Crippen LogP contribution in [0.1, 0.15) is 39.2 Å². The van der Waals surface area contributed by atoms with Crippen molar-refractivity contribution in [3.63, 3.8) is 0 Å². The van der Waals surface area contributed by atoms with Crippen molar-refractivity contribution in [2.75, 3.05) is 6.54 Å². The summed E-state index contributed by atoms with van der Waals surface area (Å²) in [6.45, 7) is 6.15. The van der Waals surface area contributed by atoms with E-state index in [4.69, 9.17) is 16.3 Å². The van der Waals surface area contributed by atoms with E-state index >= 15 is 0 Å². The van der Waals surface area contributed by atoms with Gasteiger partial charge in [-0.25, -0.2) is 4.79 Å². The van der Waals surface area contributed by atoms with Gasteiger partial charge in [0.25, 0.3) is 0 Å². The number of amides is 1. The van der Waals surface area contributed by atoms with Crippen molar-refractivity contribution in [2.24, 2.45) is 5.92 Å². The zero-order valence-corrected chi connectivity index (χ0v) is 14.6. The van der Waals surface area contributed by atoms with Crippen LogP contribution in [-0.2, 0) is 11.2 Å². The minimum absolute atomic E-state index is 0.00835. The summed E-state index contributed by atoms with van der Waals surface area (Å²) < 4.78 is 5.52. The van der Waals surface area contributed by atoms with Gasteiger partial charge in [0.15, 0.2) is 0 Å². The molecule has 1 fully saturated rings. The molecular weight excluding hydrogens is 312 g/mol. The first-order valence-electron chi connectivity index (χ1n) is 7.92. The zero-order chi connectivity index (χ0) is 17.0. The van der Waals surface area contributed by atoms with E-state index < -0.39 is 5.60 Å². The van der Waals surface area contributed by atoms with E-state index in [-0.39, 0.29) is 18.1 Å². The maximum absolute atomic E-state index is 12.5. The van der Waals surface area contributed by atoms with Gasteiger partial charge in [-0.2, -0.15) is 5.26 Å². The van der Waals surface area contributed by atoms with E-state index in [1.54, 1.807) is 4.90 Å². The second-order valence-corrected chi connectivity index (χ2v) is 7.44. The molecule has 0 aliphatic carbocycles. The predicted octanol–water partition coefficient (Wildman–Crippen LogP) is 4.42. The van der Waals surface area contributed by atoms with Crippen LogP contribution in [0.15, 0.2) is 24.3 Å². The first-order chi connectivity index (χ1) is 10.8. The smallest absolute Gasteiger partial charge is 0.410 e. The van der Waals surface area contributed by atoms with E-state index in [1.807, 2.05) is 45.0 Å². The lowest BCUT2D eigenvalue weighted by atomic mass is 9.89. The molecule has 1 amide bonds. The molecule has 2 atom stereocenters. The van der Waals surface area contributed by atoms with Gasteiger partial charge in [-0.05, 0) is 57.7 Å². The summed E-state index contributed by atoms with van der Waals surface area (Å²) in [6, 6.07) is 9.93. The number of piperidine rings is 1. The van der Waals surface area contributed by atoms with Crippen LogP contribution in [-0.4, -0.2) is 29.2 Å². The topological polar surface area (TPSA) is 53.3 Å². The molecule has 1 heterocycles. The van der Waals surface area contributed by atoms with Gasteiger partial charge in [0, 0.05) is 23.5 Å². The van der Waals surface area contributed by atoms with E-state index in [1.165, 1.54) is 0 Å². The fourth-order valence-corrected chi connectivity index (χ4v) is 2.94. The molecule has 2 rings (SSSR count). The number of halogens is 1. The second kappa shape index (κ2) is 7.23. The highest BCUT2D eigenvalue weighted by atomic mass is 35.5. The summed E-state index contributed by atoms with van der Waals surface area (Å²) in [5, 5.41) is 9.91. The monoisotopic (exact) mass is 334 g/mol. The fraction of sp³-hybridized carbons (Fsp3) is 0.556. The minimum Gasteiger partial charge on any atom is -0.444 e. The van der Waals surface area contributed by atoms with Crippen LogP contribution in [0.25, 0.3) is 0 Å². The lowest BCUT2D eigenvalue weighted by Gasteiger charge is -2.38. The minimum atomic E-state index is -0.520. The molecular formula is C18H23ClN2O2. The Balaban J connectivity index is 2.13. The van der Waals surface area contributed by atoms with E-state index in [0.29, 0.717) is 30.8 Å². The summed E-state index contributed by atoms with van der Waals surface area (Å²) >= 11 is 5.92. The Morgan fingerprint density at radius 3 is 2.61 bits per heavy atom. The molecule has 1 aromatic carbocycles. The van der Waals surface area contributed by atoms with Crippen molar-refractivity contribution in [3.8, 4) is 6.07 Å². The maximum atomic E-state index is 12.5. The van der Waals surface area contributed by atoms with Gasteiger partial charge in [0.05, 0.1) is 6.07 Å². The number of likely N-dealkylation sites (tertiary alicyclic amines) is 1. The molecule has 1 aliphatic rings. The highest BCUT2D eigenvalue weighted by Crippen LogP contribution is 2.27. The van der Waals surface area contributed by atoms with Crippen LogP contribution in [0, 0.1) is 17.2 Å². The van der Waals surface area contributed by atoms with Crippen molar-refractivity contribution in [2.45, 2.75) is 51.7 Å². The Kier molecular flexibility index (Phi) is 5.54. The number of carbonyl (C=O) groups excluding carboxylic acids is 1. The molecule has 2 unspecified atom stereocenters. The average Bonchev–Trinajstić information content (AvgIpc) is 2.47. The number of benzene rings is 1. The Hall–Kier alpha value is -1.73. The van der Waals surface area contributed by atoms with Crippen molar-refractivity contribution in [1.29, 1.82) is 5.26 Å². The zero-order valence-electron chi connectivity index (χ0n) is 13.9. The molecule has 23 heavy (non-hydrogen) atoms. The number of nitrogens with zero attached hydrogens (tertiary/aromatic N) is 2. The molecule has 0 saturated carbocycles. The Labute approximate surface area is 143 Å². The number of ether oxygens (including phenoxy) is 1. The van der Waals surface area contributed by atoms with Gasteiger partial charge in [0.1, 0.15) is 5.60 Å². The molecule has 1 saturated heterocycles. The number of hydrogen-bond donors (Lipinski definition) is 0. The predicted molar refractivity (Wildman–Crippen MR) is 90.2 cm³/mol. The van der Waals surface area contributed by atoms with E-state index in [9.17, 15) is 10.1 Å². The maximum Gasteiger partial charge on any atom is 0.410 e. The lowest BCUT2D eigenvalue weighted by Crippen LogP contribution is -2.48.